The van der Waals surface area contributed by atoms with E-state index in [1.165, 1.54) is 0 Å². The zero-order valence-electron chi connectivity index (χ0n) is 18.9. The van der Waals surface area contributed by atoms with Crippen molar-refractivity contribution >= 4 is 59.1 Å². The van der Waals surface area contributed by atoms with Crippen molar-refractivity contribution in [2.75, 3.05) is 46.8 Å². The second-order valence-corrected chi connectivity index (χ2v) is 8.88. The maximum absolute atomic E-state index is 13.4. The Morgan fingerprint density at radius 2 is 1.97 bits per heavy atom. The molecule has 9 nitrogen and oxygen atoms in total. The van der Waals surface area contributed by atoms with E-state index >= 15 is 0 Å². The van der Waals surface area contributed by atoms with Crippen LogP contribution in [0.15, 0.2) is 40.8 Å². The zero-order chi connectivity index (χ0) is 24.5. The van der Waals surface area contributed by atoms with E-state index in [1.807, 2.05) is 19.1 Å². The molecule has 1 aromatic rings. The van der Waals surface area contributed by atoms with Crippen molar-refractivity contribution in [3.63, 3.8) is 0 Å². The van der Waals surface area contributed by atoms with Crippen molar-refractivity contribution in [1.82, 2.24) is 15.1 Å². The average Bonchev–Trinajstić information content (AvgIpc) is 2.82. The fraction of sp³-hybridized carbons (Fsp3) is 0.476. The number of amides is 2. The summed E-state index contributed by atoms with van der Waals surface area (Å²) in [7, 11) is 1.69. The molecule has 12 heteroatoms. The number of hydrogen-bond acceptors (Lipinski definition) is 7. The maximum Gasteiger partial charge on any atom is 0.273 e. The number of rotatable bonds is 18. The summed E-state index contributed by atoms with van der Waals surface area (Å²) in [6.07, 6.45) is 1.13. The summed E-state index contributed by atoms with van der Waals surface area (Å²) < 4.78 is 16.5. The van der Waals surface area contributed by atoms with Gasteiger partial charge in [0.05, 0.1) is 26.3 Å². The quantitative estimate of drug-likeness (QED) is 0.0519. The molecule has 0 aliphatic rings. The summed E-state index contributed by atoms with van der Waals surface area (Å²) in [5.41, 5.74) is 1.06. The highest BCUT2D eigenvalue weighted by atomic mass is 127. The van der Waals surface area contributed by atoms with E-state index in [1.54, 1.807) is 29.0 Å². The van der Waals surface area contributed by atoms with Crippen molar-refractivity contribution < 1.29 is 23.6 Å². The molecule has 2 amide bonds. The lowest BCUT2D eigenvalue weighted by Crippen LogP contribution is -2.40. The predicted molar refractivity (Wildman–Crippen MR) is 141 cm³/mol. The van der Waals surface area contributed by atoms with Crippen molar-refractivity contribution in [2.45, 2.75) is 19.9 Å². The third kappa shape index (κ3) is 11.6. The van der Waals surface area contributed by atoms with Gasteiger partial charge in [0, 0.05) is 31.8 Å². The number of carbonyl (C=O) groups excluding carboxylic acids is 2. The van der Waals surface area contributed by atoms with E-state index in [2.05, 4.69) is 39.1 Å². The molecule has 1 unspecified atom stereocenters. The molecule has 0 saturated carbocycles. The fourth-order valence-electron chi connectivity index (χ4n) is 2.76. The van der Waals surface area contributed by atoms with E-state index in [9.17, 15) is 9.59 Å². The molecule has 1 atom stereocenters. The van der Waals surface area contributed by atoms with Crippen LogP contribution in [0, 0.1) is 0 Å². The standard InChI is InChI=1S/C21H31ClIN4O5P/c1-4-30-12-13-31-16-27(14-17-6-8-18(22)9-7-17)19(20(24-2)25-15-28)21(29)26(3)10-5-11-32-33-23/h6-9,15,33H,2,4-5,10-14,16H2,1,3H3,(H,25,28)/b20-19+. The molecular weight excluding hydrogens is 582 g/mol. The molecule has 0 fully saturated rings. The van der Waals surface area contributed by atoms with Gasteiger partial charge in [-0.3, -0.25) is 9.59 Å². The number of hydrogen-bond donors (Lipinski definition) is 1. The number of halogens is 2. The van der Waals surface area contributed by atoms with E-state index in [0.29, 0.717) is 63.8 Å². The van der Waals surface area contributed by atoms with Crippen LogP contribution >= 0.6 is 40.1 Å². The number of ether oxygens (including phenoxy) is 2. The van der Waals surface area contributed by atoms with E-state index in [4.69, 9.17) is 25.6 Å². The second-order valence-electron chi connectivity index (χ2n) is 6.68. The minimum Gasteiger partial charge on any atom is -0.379 e. The largest absolute Gasteiger partial charge is 0.379 e. The zero-order valence-corrected chi connectivity index (χ0v) is 22.8. The van der Waals surface area contributed by atoms with Crippen LogP contribution in [0.5, 0.6) is 0 Å². The third-order valence-electron chi connectivity index (χ3n) is 4.35. The van der Waals surface area contributed by atoms with Crippen LogP contribution in [0.25, 0.3) is 0 Å². The lowest BCUT2D eigenvalue weighted by atomic mass is 10.2. The van der Waals surface area contributed by atoms with Crippen molar-refractivity contribution in [3.8, 4) is 0 Å². The second kappa shape index (κ2) is 18.1. The number of aliphatic imine (C=N–C) groups is 1. The topological polar surface area (TPSA) is 92.7 Å². The monoisotopic (exact) mass is 612 g/mol. The van der Waals surface area contributed by atoms with E-state index in [0.717, 1.165) is 5.56 Å². The number of benzene rings is 1. The molecule has 184 valence electrons. The minimum atomic E-state index is -0.328. The normalized spacial score (nSPS) is 11.9. The first-order valence-electron chi connectivity index (χ1n) is 10.3. The smallest absolute Gasteiger partial charge is 0.273 e. The Labute approximate surface area is 215 Å². The average molecular weight is 613 g/mol. The lowest BCUT2D eigenvalue weighted by molar-refractivity contribution is -0.129. The Morgan fingerprint density at radius 3 is 2.58 bits per heavy atom. The van der Waals surface area contributed by atoms with Crippen molar-refractivity contribution in [1.29, 1.82) is 0 Å². The molecule has 0 heterocycles. The summed E-state index contributed by atoms with van der Waals surface area (Å²) in [6, 6.07) is 7.26. The van der Waals surface area contributed by atoms with Crippen LogP contribution in [-0.2, 0) is 30.1 Å². The van der Waals surface area contributed by atoms with Gasteiger partial charge in [0.1, 0.15) is 12.4 Å². The van der Waals surface area contributed by atoms with E-state index in [-0.39, 0.29) is 24.2 Å². The predicted octanol–water partition coefficient (Wildman–Crippen LogP) is 3.58. The highest BCUT2D eigenvalue weighted by molar-refractivity contribution is 14.2. The van der Waals surface area contributed by atoms with Gasteiger partial charge >= 0.3 is 0 Å². The Hall–Kier alpha value is -1.30. The molecular formula is C21H31ClIN4O5P. The van der Waals surface area contributed by atoms with Crippen LogP contribution in [-0.4, -0.2) is 75.6 Å². The van der Waals surface area contributed by atoms with Crippen LogP contribution in [0.1, 0.15) is 18.9 Å². The number of likely N-dealkylation sites (N-methyl/N-ethyl adjacent to an activating group) is 1. The van der Waals surface area contributed by atoms with Gasteiger partial charge < -0.3 is 29.1 Å². The van der Waals surface area contributed by atoms with Crippen LogP contribution in [0.3, 0.4) is 0 Å². The summed E-state index contributed by atoms with van der Waals surface area (Å²) in [5, 5.41) is 3.09. The molecule has 1 aromatic carbocycles. The van der Waals surface area contributed by atoms with Gasteiger partial charge in [-0.05, 0) is 59.8 Å². The van der Waals surface area contributed by atoms with Gasteiger partial charge in [0.2, 0.25) is 6.41 Å². The first-order valence-corrected chi connectivity index (χ1v) is 14.7. The summed E-state index contributed by atoms with van der Waals surface area (Å²) in [5.74, 6) is -0.278. The highest BCUT2D eigenvalue weighted by Crippen LogP contribution is 2.22. The van der Waals surface area contributed by atoms with Gasteiger partial charge in [-0.2, -0.15) is 0 Å². The van der Waals surface area contributed by atoms with Crippen LogP contribution < -0.4 is 5.32 Å². The summed E-state index contributed by atoms with van der Waals surface area (Å²) in [4.78, 5) is 31.8. The fourth-order valence-corrected chi connectivity index (χ4v) is 3.77. The van der Waals surface area contributed by atoms with Crippen molar-refractivity contribution in [2.24, 2.45) is 4.99 Å². The first-order chi connectivity index (χ1) is 16.0. The highest BCUT2D eigenvalue weighted by Gasteiger charge is 2.26. The Morgan fingerprint density at radius 1 is 1.27 bits per heavy atom. The van der Waals surface area contributed by atoms with Gasteiger partial charge in [0.25, 0.3) is 5.91 Å². The Bertz CT molecular complexity index is 770. The molecule has 0 aromatic heterocycles. The van der Waals surface area contributed by atoms with Crippen LogP contribution in [0.4, 0.5) is 0 Å². The van der Waals surface area contributed by atoms with Gasteiger partial charge in [-0.25, -0.2) is 4.99 Å². The summed E-state index contributed by atoms with van der Waals surface area (Å²) >= 11 is 8.17. The van der Waals surface area contributed by atoms with Gasteiger partial charge in [-0.1, -0.05) is 23.7 Å². The molecule has 0 aliphatic carbocycles. The first kappa shape index (κ1) is 29.7. The molecule has 0 radical (unpaired) electrons. The molecule has 33 heavy (non-hydrogen) atoms. The maximum atomic E-state index is 13.4. The Kier molecular flexibility index (Phi) is 16.3. The SMILES string of the molecule is C=N/C(NC=O)=C(/C(=O)N(C)CCCOPI)N(COCCOCC)Cc1ccc(Cl)cc1. The lowest BCUT2D eigenvalue weighted by Gasteiger charge is -2.30. The minimum absolute atomic E-state index is 0.0502. The molecule has 0 aliphatic heterocycles. The molecule has 0 saturated heterocycles. The Balaban J connectivity index is 3.20. The van der Waals surface area contributed by atoms with Gasteiger partial charge in [-0.15, -0.1) is 0 Å². The number of nitrogens with zero attached hydrogens (tertiary/aromatic N) is 3. The molecule has 0 spiro atoms. The van der Waals surface area contributed by atoms with Crippen LogP contribution in [0.2, 0.25) is 5.02 Å². The van der Waals surface area contributed by atoms with E-state index < -0.39 is 0 Å². The summed E-state index contributed by atoms with van der Waals surface area (Å²) in [6.45, 7) is 8.55. The third-order valence-corrected chi connectivity index (χ3v) is 5.85. The molecule has 1 N–H and O–H groups in total. The van der Waals surface area contributed by atoms with Gasteiger partial charge in [0.15, 0.2) is 5.82 Å². The molecule has 1 rings (SSSR count). The number of carbonyl (C=O) groups is 2. The number of nitrogens with one attached hydrogen (secondary N) is 1. The molecule has 0 bridgehead atoms. The van der Waals surface area contributed by atoms with Crippen molar-refractivity contribution in [3.05, 3.63) is 46.4 Å².